The summed E-state index contributed by atoms with van der Waals surface area (Å²) in [6, 6.07) is 3.82. The van der Waals surface area contributed by atoms with Gasteiger partial charge in [-0.15, -0.1) is 0 Å². The van der Waals surface area contributed by atoms with E-state index < -0.39 is 0 Å². The van der Waals surface area contributed by atoms with Crippen LogP contribution in [0.1, 0.15) is 12.5 Å². The van der Waals surface area contributed by atoms with Gasteiger partial charge in [0.15, 0.2) is 0 Å². The van der Waals surface area contributed by atoms with Crippen molar-refractivity contribution in [1.82, 2.24) is 4.98 Å². The van der Waals surface area contributed by atoms with Gasteiger partial charge in [-0.1, -0.05) is 13.0 Å². The predicted molar refractivity (Wildman–Crippen MR) is 58.5 cm³/mol. The minimum absolute atomic E-state index is 0.498. The normalized spacial score (nSPS) is 12.8. The summed E-state index contributed by atoms with van der Waals surface area (Å²) >= 11 is 1.83. The summed E-state index contributed by atoms with van der Waals surface area (Å²) in [4.78, 5) is 4.02. The molecule has 0 radical (unpaired) electrons. The first-order valence-electron chi connectivity index (χ1n) is 4.24. The molecule has 0 spiro atoms. The number of nitrogens with zero attached hydrogens (tertiary/aromatic N) is 1. The number of nitrogen functional groups attached to an aromatic ring is 1. The number of anilines is 1. The molecule has 1 atom stereocenters. The average Bonchev–Trinajstić information content (AvgIpc) is 2.16. The highest BCUT2D eigenvalue weighted by atomic mass is 32.2. The smallest absolute Gasteiger partial charge is 0.123 e. The van der Waals surface area contributed by atoms with Crippen LogP contribution in [-0.2, 0) is 5.75 Å². The van der Waals surface area contributed by atoms with E-state index in [-0.39, 0.29) is 0 Å². The molecule has 0 aliphatic rings. The highest BCUT2D eigenvalue weighted by Crippen LogP contribution is 2.16. The van der Waals surface area contributed by atoms with Crippen LogP contribution >= 0.6 is 11.8 Å². The molecule has 72 valence electrons. The molecule has 1 aromatic rings. The standard InChI is InChI=1S/C9H15N3S/c1-7(4-10)13-6-8-2-3-9(11)12-5-8/h2-3,5,7H,4,6,10H2,1H3,(H2,11,12). The van der Waals surface area contributed by atoms with Gasteiger partial charge in [0.1, 0.15) is 5.82 Å². The van der Waals surface area contributed by atoms with Crippen molar-refractivity contribution in [2.75, 3.05) is 12.3 Å². The summed E-state index contributed by atoms with van der Waals surface area (Å²) in [6.07, 6.45) is 1.81. The molecule has 4 heteroatoms. The summed E-state index contributed by atoms with van der Waals surface area (Å²) in [5.74, 6) is 1.52. The average molecular weight is 197 g/mol. The summed E-state index contributed by atoms with van der Waals surface area (Å²) in [6.45, 7) is 2.84. The number of hydrogen-bond donors (Lipinski definition) is 2. The van der Waals surface area contributed by atoms with Gasteiger partial charge in [0.2, 0.25) is 0 Å². The lowest BCUT2D eigenvalue weighted by molar-refractivity contribution is 0.950. The first-order valence-corrected chi connectivity index (χ1v) is 5.29. The van der Waals surface area contributed by atoms with Crippen molar-refractivity contribution in [3.05, 3.63) is 23.9 Å². The van der Waals surface area contributed by atoms with Gasteiger partial charge in [-0.3, -0.25) is 0 Å². The maximum absolute atomic E-state index is 5.50. The molecule has 0 saturated carbocycles. The third-order valence-electron chi connectivity index (χ3n) is 1.71. The molecule has 0 aliphatic heterocycles. The second kappa shape index (κ2) is 5.09. The van der Waals surface area contributed by atoms with Gasteiger partial charge < -0.3 is 11.5 Å². The van der Waals surface area contributed by atoms with Crippen LogP contribution in [0.3, 0.4) is 0 Å². The van der Waals surface area contributed by atoms with E-state index in [0.717, 1.165) is 5.75 Å². The van der Waals surface area contributed by atoms with Crippen LogP contribution in [0.4, 0.5) is 5.82 Å². The fourth-order valence-electron chi connectivity index (χ4n) is 0.828. The maximum atomic E-state index is 5.50. The SMILES string of the molecule is CC(CN)SCc1ccc(N)nc1. The predicted octanol–water partition coefficient (Wildman–Crippen LogP) is 1.24. The number of aromatic nitrogens is 1. The van der Waals surface area contributed by atoms with Gasteiger partial charge in [0.25, 0.3) is 0 Å². The molecule has 0 bridgehead atoms. The Morgan fingerprint density at radius 1 is 1.54 bits per heavy atom. The van der Waals surface area contributed by atoms with Crippen molar-refractivity contribution in [1.29, 1.82) is 0 Å². The van der Waals surface area contributed by atoms with Crippen LogP contribution in [0.2, 0.25) is 0 Å². The molecule has 1 heterocycles. The molecule has 0 amide bonds. The Hall–Kier alpha value is -0.740. The fourth-order valence-corrected chi connectivity index (χ4v) is 1.61. The van der Waals surface area contributed by atoms with E-state index in [4.69, 9.17) is 11.5 Å². The molecule has 0 aliphatic carbocycles. The van der Waals surface area contributed by atoms with Gasteiger partial charge in [-0.2, -0.15) is 11.8 Å². The summed E-state index contributed by atoms with van der Waals surface area (Å²) in [5, 5.41) is 0.498. The van der Waals surface area contributed by atoms with Crippen LogP contribution in [0, 0.1) is 0 Å². The molecule has 4 N–H and O–H groups in total. The number of nitrogens with two attached hydrogens (primary N) is 2. The molecular weight excluding hydrogens is 182 g/mol. The van der Waals surface area contributed by atoms with Crippen molar-refractivity contribution in [3.8, 4) is 0 Å². The molecule has 1 rings (SSSR count). The van der Waals surface area contributed by atoms with Gasteiger partial charge in [-0.05, 0) is 11.6 Å². The number of thioether (sulfide) groups is 1. The maximum Gasteiger partial charge on any atom is 0.123 e. The molecule has 1 aromatic heterocycles. The van der Waals surface area contributed by atoms with Gasteiger partial charge in [0.05, 0.1) is 0 Å². The zero-order valence-electron chi connectivity index (χ0n) is 7.73. The summed E-state index contributed by atoms with van der Waals surface area (Å²) in [5.41, 5.74) is 12.2. The molecular formula is C9H15N3S. The van der Waals surface area contributed by atoms with E-state index >= 15 is 0 Å². The minimum Gasteiger partial charge on any atom is -0.384 e. The van der Waals surface area contributed by atoms with Crippen LogP contribution in [0.5, 0.6) is 0 Å². The Bertz CT molecular complexity index is 248. The van der Waals surface area contributed by atoms with Crippen LogP contribution < -0.4 is 11.5 Å². The summed E-state index contributed by atoms with van der Waals surface area (Å²) < 4.78 is 0. The molecule has 3 nitrogen and oxygen atoms in total. The van der Waals surface area contributed by atoms with Gasteiger partial charge >= 0.3 is 0 Å². The Labute approximate surface area is 82.9 Å². The van der Waals surface area contributed by atoms with Crippen molar-refractivity contribution < 1.29 is 0 Å². The Morgan fingerprint density at radius 2 is 2.31 bits per heavy atom. The molecule has 0 fully saturated rings. The molecule has 1 unspecified atom stereocenters. The van der Waals surface area contributed by atoms with E-state index in [2.05, 4.69) is 11.9 Å². The Kier molecular flexibility index (Phi) is 4.05. The molecule has 0 saturated heterocycles. The lowest BCUT2D eigenvalue weighted by Crippen LogP contribution is -2.12. The van der Waals surface area contributed by atoms with Crippen molar-refractivity contribution in [3.63, 3.8) is 0 Å². The zero-order valence-corrected chi connectivity index (χ0v) is 8.55. The second-order valence-electron chi connectivity index (χ2n) is 2.95. The third-order valence-corrected chi connectivity index (χ3v) is 2.98. The minimum atomic E-state index is 0.498. The van der Waals surface area contributed by atoms with Crippen LogP contribution in [-0.4, -0.2) is 16.8 Å². The lowest BCUT2D eigenvalue weighted by atomic mass is 10.3. The zero-order chi connectivity index (χ0) is 9.68. The topological polar surface area (TPSA) is 64.9 Å². The van der Waals surface area contributed by atoms with E-state index in [1.165, 1.54) is 5.56 Å². The van der Waals surface area contributed by atoms with E-state index in [1.54, 1.807) is 0 Å². The largest absolute Gasteiger partial charge is 0.384 e. The van der Waals surface area contributed by atoms with Gasteiger partial charge in [0, 0.05) is 23.7 Å². The first-order chi connectivity index (χ1) is 6.22. The first kappa shape index (κ1) is 10.3. The third kappa shape index (κ3) is 3.65. The van der Waals surface area contributed by atoms with E-state index in [0.29, 0.717) is 17.6 Å². The van der Waals surface area contributed by atoms with Crippen molar-refractivity contribution in [2.24, 2.45) is 5.73 Å². The van der Waals surface area contributed by atoms with Crippen LogP contribution in [0.15, 0.2) is 18.3 Å². The monoisotopic (exact) mass is 197 g/mol. The lowest BCUT2D eigenvalue weighted by Gasteiger charge is -2.07. The van der Waals surface area contributed by atoms with Crippen molar-refractivity contribution in [2.45, 2.75) is 17.9 Å². The number of rotatable bonds is 4. The van der Waals surface area contributed by atoms with Crippen molar-refractivity contribution >= 4 is 17.6 Å². The summed E-state index contributed by atoms with van der Waals surface area (Å²) in [7, 11) is 0. The Balaban J connectivity index is 2.41. The molecule has 13 heavy (non-hydrogen) atoms. The second-order valence-corrected chi connectivity index (χ2v) is 4.38. The number of hydrogen-bond acceptors (Lipinski definition) is 4. The highest BCUT2D eigenvalue weighted by molar-refractivity contribution is 7.99. The van der Waals surface area contributed by atoms with E-state index in [1.807, 2.05) is 30.1 Å². The van der Waals surface area contributed by atoms with Gasteiger partial charge in [-0.25, -0.2) is 4.98 Å². The van der Waals surface area contributed by atoms with Crippen LogP contribution in [0.25, 0.3) is 0 Å². The fraction of sp³-hybridized carbons (Fsp3) is 0.444. The Morgan fingerprint density at radius 3 is 2.85 bits per heavy atom. The van der Waals surface area contributed by atoms with E-state index in [9.17, 15) is 0 Å². The quantitative estimate of drug-likeness (QED) is 0.762. The number of pyridine rings is 1. The highest BCUT2D eigenvalue weighted by Gasteiger charge is 2.00. The molecule has 0 aromatic carbocycles.